The molecular formula is C42H46O21. The average Bonchev–Trinajstić information content (AvgIpc) is 3.17. The number of benzene rings is 2. The fourth-order valence-electron chi connectivity index (χ4n) is 6.94. The van der Waals surface area contributed by atoms with Crippen molar-refractivity contribution in [1.82, 2.24) is 0 Å². The number of hydrogen-bond donors (Lipinski definition) is 0. The highest BCUT2D eigenvalue weighted by Crippen LogP contribution is 2.37. The molecule has 0 radical (unpaired) electrons. The number of carbonyl (C=O) groups is 7. The van der Waals surface area contributed by atoms with Crippen LogP contribution < -0.4 is 19.6 Å². The molecule has 0 amide bonds. The number of carbonyl (C=O) groups excluding carboxylic acids is 7. The lowest BCUT2D eigenvalue weighted by Crippen LogP contribution is -2.64. The highest BCUT2D eigenvalue weighted by molar-refractivity contribution is 5.88. The lowest BCUT2D eigenvalue weighted by molar-refractivity contribution is -0.323. The third kappa shape index (κ3) is 12.1. The summed E-state index contributed by atoms with van der Waals surface area (Å²) in [5.41, 5.74) is -0.224. The first-order chi connectivity index (χ1) is 29.7. The van der Waals surface area contributed by atoms with Crippen molar-refractivity contribution in [3.05, 3.63) is 52.7 Å². The Morgan fingerprint density at radius 1 is 0.571 bits per heavy atom. The Morgan fingerprint density at radius 3 is 1.62 bits per heavy atom. The van der Waals surface area contributed by atoms with E-state index in [1.807, 2.05) is 0 Å². The molecule has 1 aromatic heterocycles. The molecule has 0 aliphatic carbocycles. The standard InChI is InChI=1S/C42H46O21/c1-18-35(55-20(3)44)37(57-22(5)46)39(59-24(7)48)41(53-18)52-17-33-36(56-21(4)45)38(58-23(6)47)40(60-25(8)49)42(63-33)61-28-14-31(54-19(2)43)34-29(50)16-30(62-32(34)15-28)26-10-12-27(51-9)13-11-26/h10-16,18,33,35-42H,17H2,1-9H3. The fraction of sp³-hybridized carbons (Fsp3) is 0.476. The zero-order chi connectivity index (χ0) is 46.3. The summed E-state index contributed by atoms with van der Waals surface area (Å²) in [6.45, 7) is 8.31. The topological polar surface area (TPSA) is 260 Å². The molecule has 0 bridgehead atoms. The van der Waals surface area contributed by atoms with Crippen LogP contribution in [0.25, 0.3) is 22.3 Å². The van der Waals surface area contributed by atoms with E-state index in [1.54, 1.807) is 24.3 Å². The summed E-state index contributed by atoms with van der Waals surface area (Å²) in [5, 5.41) is -0.137. The summed E-state index contributed by atoms with van der Waals surface area (Å²) >= 11 is 0. The average molecular weight is 887 g/mol. The van der Waals surface area contributed by atoms with Crippen LogP contribution >= 0.6 is 0 Å². The first-order valence-electron chi connectivity index (χ1n) is 19.3. The highest BCUT2D eigenvalue weighted by atomic mass is 16.8. The Morgan fingerprint density at radius 2 is 1.08 bits per heavy atom. The summed E-state index contributed by atoms with van der Waals surface area (Å²) in [5.74, 6) is -5.79. The predicted octanol–water partition coefficient (Wildman–Crippen LogP) is 2.85. The molecule has 2 aromatic carbocycles. The van der Waals surface area contributed by atoms with E-state index < -0.39 is 115 Å². The molecule has 0 N–H and O–H groups in total. The number of rotatable bonds is 14. The first-order valence-corrected chi connectivity index (χ1v) is 19.3. The van der Waals surface area contributed by atoms with Gasteiger partial charge >= 0.3 is 41.8 Å². The molecular weight excluding hydrogens is 840 g/mol. The van der Waals surface area contributed by atoms with Crippen molar-refractivity contribution in [3.63, 3.8) is 0 Å². The summed E-state index contributed by atoms with van der Waals surface area (Å²) in [4.78, 5) is 100. The molecule has 10 unspecified atom stereocenters. The summed E-state index contributed by atoms with van der Waals surface area (Å²) in [6, 6.07) is 10.2. The van der Waals surface area contributed by atoms with E-state index in [-0.39, 0.29) is 28.2 Å². The van der Waals surface area contributed by atoms with Crippen LogP contribution in [0.1, 0.15) is 55.4 Å². The van der Waals surface area contributed by atoms with E-state index in [0.717, 1.165) is 48.5 Å². The van der Waals surface area contributed by atoms with Crippen LogP contribution in [0.2, 0.25) is 0 Å². The first kappa shape index (κ1) is 47.5. The van der Waals surface area contributed by atoms with E-state index in [2.05, 4.69) is 0 Å². The van der Waals surface area contributed by atoms with Gasteiger partial charge in [-0.1, -0.05) is 0 Å². The van der Waals surface area contributed by atoms with Crippen LogP contribution in [0, 0.1) is 0 Å². The van der Waals surface area contributed by atoms with Gasteiger partial charge in [-0.25, -0.2) is 0 Å². The SMILES string of the molecule is COc1ccc(-c2cc(=O)c3c(OC(C)=O)cc(OC4OC(COC5OC(C)C(OC(C)=O)C(OC(C)=O)C5OC(C)=O)C(OC(C)=O)C(OC(C)=O)C4OC(C)=O)cc3o2)cc1. The van der Waals surface area contributed by atoms with Gasteiger partial charge in [-0.2, -0.15) is 0 Å². The monoisotopic (exact) mass is 886 g/mol. The number of methoxy groups -OCH3 is 1. The van der Waals surface area contributed by atoms with E-state index >= 15 is 0 Å². The van der Waals surface area contributed by atoms with Gasteiger partial charge in [0.1, 0.15) is 40.1 Å². The lowest BCUT2D eigenvalue weighted by Gasteiger charge is -2.46. The van der Waals surface area contributed by atoms with E-state index in [9.17, 15) is 38.4 Å². The second-order valence-corrected chi connectivity index (χ2v) is 14.2. The van der Waals surface area contributed by atoms with Crippen LogP contribution in [0.3, 0.4) is 0 Å². The third-order valence-electron chi connectivity index (χ3n) is 9.20. The number of fused-ring (bicyclic) bond motifs is 1. The van der Waals surface area contributed by atoms with Crippen molar-refractivity contribution >= 4 is 52.8 Å². The van der Waals surface area contributed by atoms with Crippen LogP contribution in [0.5, 0.6) is 17.2 Å². The minimum Gasteiger partial charge on any atom is -0.497 e. The van der Waals surface area contributed by atoms with Crippen LogP contribution in [0.4, 0.5) is 0 Å². The third-order valence-corrected chi connectivity index (χ3v) is 9.20. The van der Waals surface area contributed by atoms with Crippen molar-refractivity contribution < 1.29 is 94.8 Å². The van der Waals surface area contributed by atoms with Gasteiger partial charge < -0.3 is 61.3 Å². The van der Waals surface area contributed by atoms with Crippen molar-refractivity contribution in [3.8, 4) is 28.6 Å². The van der Waals surface area contributed by atoms with Crippen molar-refractivity contribution in [2.75, 3.05) is 13.7 Å². The summed E-state index contributed by atoms with van der Waals surface area (Å²) in [7, 11) is 1.49. The Labute approximate surface area is 358 Å². The normalized spacial score (nSPS) is 25.4. The molecule has 63 heavy (non-hydrogen) atoms. The molecule has 2 saturated heterocycles. The van der Waals surface area contributed by atoms with Crippen molar-refractivity contribution in [2.45, 2.75) is 117 Å². The Kier molecular flexibility index (Phi) is 15.5. The molecule has 3 aromatic rings. The Balaban J connectivity index is 1.58. The predicted molar refractivity (Wildman–Crippen MR) is 209 cm³/mol. The van der Waals surface area contributed by atoms with Crippen LogP contribution in [0.15, 0.2) is 51.7 Å². The van der Waals surface area contributed by atoms with E-state index in [0.29, 0.717) is 11.3 Å². The minimum absolute atomic E-state index is 0.116. The van der Waals surface area contributed by atoms with Crippen LogP contribution in [-0.4, -0.2) is 117 Å². The zero-order valence-corrected chi connectivity index (χ0v) is 35.6. The maximum absolute atomic E-state index is 13.5. The Bertz CT molecular complexity index is 2270. The molecule has 0 saturated carbocycles. The van der Waals surface area contributed by atoms with Gasteiger partial charge in [0.2, 0.25) is 12.4 Å². The summed E-state index contributed by atoms with van der Waals surface area (Å²) < 4.78 is 74.3. The van der Waals surface area contributed by atoms with Gasteiger partial charge in [-0.05, 0) is 31.2 Å². The molecule has 3 heterocycles. The van der Waals surface area contributed by atoms with Crippen molar-refractivity contribution in [2.24, 2.45) is 0 Å². The van der Waals surface area contributed by atoms with Gasteiger partial charge in [0.15, 0.2) is 42.2 Å². The number of ether oxygens (including phenoxy) is 12. The van der Waals surface area contributed by atoms with E-state index in [1.165, 1.54) is 32.2 Å². The van der Waals surface area contributed by atoms with Crippen molar-refractivity contribution in [1.29, 1.82) is 0 Å². The fourth-order valence-corrected chi connectivity index (χ4v) is 6.94. The molecule has 10 atom stereocenters. The lowest BCUT2D eigenvalue weighted by atomic mass is 9.97. The Hall–Kier alpha value is -6.58. The highest BCUT2D eigenvalue weighted by Gasteiger charge is 2.55. The molecule has 2 fully saturated rings. The molecule has 2 aliphatic heterocycles. The number of esters is 7. The maximum Gasteiger partial charge on any atom is 0.308 e. The van der Waals surface area contributed by atoms with Gasteiger partial charge in [0.05, 0.1) is 19.8 Å². The van der Waals surface area contributed by atoms with Crippen LogP contribution in [-0.2, 0) is 76.2 Å². The zero-order valence-electron chi connectivity index (χ0n) is 35.6. The minimum atomic E-state index is -1.77. The van der Waals surface area contributed by atoms with Gasteiger partial charge in [0.25, 0.3) is 0 Å². The molecule has 2 aliphatic rings. The second kappa shape index (κ2) is 20.5. The molecule has 21 nitrogen and oxygen atoms in total. The molecule has 5 rings (SSSR count). The van der Waals surface area contributed by atoms with Gasteiger partial charge in [-0.3, -0.25) is 38.4 Å². The van der Waals surface area contributed by atoms with Gasteiger partial charge in [0, 0.05) is 72.2 Å². The molecule has 21 heteroatoms. The largest absolute Gasteiger partial charge is 0.497 e. The van der Waals surface area contributed by atoms with E-state index in [4.69, 9.17) is 61.3 Å². The smallest absolute Gasteiger partial charge is 0.308 e. The van der Waals surface area contributed by atoms with Gasteiger partial charge in [-0.15, -0.1) is 0 Å². The number of hydrogen-bond acceptors (Lipinski definition) is 21. The molecule has 0 spiro atoms. The quantitative estimate of drug-likeness (QED) is 0.128. The summed E-state index contributed by atoms with van der Waals surface area (Å²) in [6.07, 6.45) is -15.1. The molecule has 340 valence electrons. The maximum atomic E-state index is 13.5. The second-order valence-electron chi connectivity index (χ2n) is 14.2.